The second kappa shape index (κ2) is 5.92. The van der Waals surface area contributed by atoms with E-state index in [0.29, 0.717) is 11.3 Å². The molecule has 2 rings (SSSR count). The first kappa shape index (κ1) is 15.0. The number of alkyl halides is 3. The van der Waals surface area contributed by atoms with E-state index in [1.807, 2.05) is 0 Å². The number of ether oxygens (including phenoxy) is 2. The highest BCUT2D eigenvalue weighted by Gasteiger charge is 2.36. The molecule has 1 aliphatic rings. The topological polar surface area (TPSA) is 47.6 Å². The molecule has 1 saturated heterocycles. The van der Waals surface area contributed by atoms with Crippen molar-refractivity contribution < 1.29 is 27.4 Å². The Morgan fingerprint density at radius 3 is 2.75 bits per heavy atom. The summed E-state index contributed by atoms with van der Waals surface area (Å²) < 4.78 is 45.6. The first-order valence-electron chi connectivity index (χ1n) is 5.71. The highest BCUT2D eigenvalue weighted by molar-refractivity contribution is 7.99. The van der Waals surface area contributed by atoms with Crippen LogP contribution in [0.3, 0.4) is 0 Å². The van der Waals surface area contributed by atoms with E-state index in [2.05, 4.69) is 14.8 Å². The summed E-state index contributed by atoms with van der Waals surface area (Å²) in [4.78, 5) is 11.4. The van der Waals surface area contributed by atoms with Gasteiger partial charge in [-0.05, 0) is 6.07 Å². The Hall–Kier alpha value is -1.41. The molecule has 20 heavy (non-hydrogen) atoms. The number of esters is 1. The van der Waals surface area contributed by atoms with Gasteiger partial charge in [-0.25, -0.2) is 0 Å². The normalized spacial score (nSPS) is 22.6. The van der Waals surface area contributed by atoms with Gasteiger partial charge in [0.2, 0.25) is 0 Å². The molecule has 0 radical (unpaired) electrons. The van der Waals surface area contributed by atoms with Crippen molar-refractivity contribution in [2.75, 3.05) is 12.9 Å². The SMILES string of the molecule is COC(=O)[C@@H]1CSC(c2ccccc2OC(F)(F)F)N1. The van der Waals surface area contributed by atoms with Crippen LogP contribution < -0.4 is 10.1 Å². The van der Waals surface area contributed by atoms with Gasteiger partial charge < -0.3 is 9.47 Å². The summed E-state index contributed by atoms with van der Waals surface area (Å²) in [6.07, 6.45) is -4.75. The minimum atomic E-state index is -4.75. The van der Waals surface area contributed by atoms with Crippen LogP contribution in [0.25, 0.3) is 0 Å². The quantitative estimate of drug-likeness (QED) is 0.869. The Bertz CT molecular complexity index is 495. The summed E-state index contributed by atoms with van der Waals surface area (Å²) in [5.74, 6) is -0.276. The van der Waals surface area contributed by atoms with Crippen molar-refractivity contribution in [3.63, 3.8) is 0 Å². The Labute approximate surface area is 117 Å². The molecule has 2 atom stereocenters. The second-order valence-corrected chi connectivity index (χ2v) is 5.18. The first-order valence-corrected chi connectivity index (χ1v) is 6.76. The van der Waals surface area contributed by atoms with Crippen molar-refractivity contribution in [2.24, 2.45) is 0 Å². The predicted octanol–water partition coefficient (Wildman–Crippen LogP) is 2.46. The van der Waals surface area contributed by atoms with Gasteiger partial charge in [0.25, 0.3) is 0 Å². The van der Waals surface area contributed by atoms with Crippen LogP contribution in [0.15, 0.2) is 24.3 Å². The molecular formula is C12H12F3NO3S. The Morgan fingerprint density at radius 2 is 2.10 bits per heavy atom. The number of hydrogen-bond donors (Lipinski definition) is 1. The zero-order valence-corrected chi connectivity index (χ0v) is 11.3. The molecule has 0 amide bonds. The maximum absolute atomic E-state index is 12.3. The van der Waals surface area contributed by atoms with E-state index in [-0.39, 0.29) is 5.75 Å². The molecule has 0 bridgehead atoms. The summed E-state index contributed by atoms with van der Waals surface area (Å²) in [6, 6.07) is 5.32. The fourth-order valence-corrected chi connectivity index (χ4v) is 3.10. The third-order valence-electron chi connectivity index (χ3n) is 2.69. The van der Waals surface area contributed by atoms with Gasteiger partial charge in [-0.3, -0.25) is 10.1 Å². The standard InChI is InChI=1S/C12H12F3NO3S/c1-18-11(17)8-6-20-10(16-8)7-4-2-3-5-9(7)19-12(13,14)15/h2-5,8,10,16H,6H2,1H3/t8-,10?/m0/s1. The van der Waals surface area contributed by atoms with E-state index in [9.17, 15) is 18.0 Å². The number of methoxy groups -OCH3 is 1. The summed E-state index contributed by atoms with van der Waals surface area (Å²) >= 11 is 1.33. The van der Waals surface area contributed by atoms with E-state index in [4.69, 9.17) is 0 Å². The summed E-state index contributed by atoms with van der Waals surface area (Å²) in [7, 11) is 1.27. The zero-order valence-electron chi connectivity index (χ0n) is 10.4. The van der Waals surface area contributed by atoms with E-state index < -0.39 is 23.7 Å². The van der Waals surface area contributed by atoms with Crippen LogP contribution in [0, 0.1) is 0 Å². The molecule has 1 fully saturated rings. The van der Waals surface area contributed by atoms with Crippen LogP contribution in [-0.4, -0.2) is 31.2 Å². The zero-order chi connectivity index (χ0) is 14.8. The number of rotatable bonds is 3. The summed E-state index contributed by atoms with van der Waals surface area (Å²) in [5, 5.41) is 2.48. The van der Waals surface area contributed by atoms with Gasteiger partial charge in [0.05, 0.1) is 12.5 Å². The fraction of sp³-hybridized carbons (Fsp3) is 0.417. The minimum absolute atomic E-state index is 0.268. The maximum atomic E-state index is 12.3. The molecule has 110 valence electrons. The lowest BCUT2D eigenvalue weighted by Crippen LogP contribution is -2.35. The van der Waals surface area contributed by atoms with Gasteiger partial charge >= 0.3 is 12.3 Å². The van der Waals surface area contributed by atoms with Crippen molar-refractivity contribution >= 4 is 17.7 Å². The van der Waals surface area contributed by atoms with Crippen molar-refractivity contribution in [1.29, 1.82) is 0 Å². The third kappa shape index (κ3) is 3.57. The number of para-hydroxylation sites is 1. The number of carbonyl (C=O) groups is 1. The number of benzene rings is 1. The molecule has 8 heteroatoms. The van der Waals surface area contributed by atoms with Gasteiger partial charge in [-0.2, -0.15) is 0 Å². The third-order valence-corrected chi connectivity index (χ3v) is 3.94. The van der Waals surface area contributed by atoms with E-state index in [1.165, 1.54) is 37.1 Å². The van der Waals surface area contributed by atoms with Gasteiger partial charge in [0.1, 0.15) is 11.8 Å². The van der Waals surface area contributed by atoms with Crippen molar-refractivity contribution in [3.05, 3.63) is 29.8 Å². The molecule has 1 unspecified atom stereocenters. The molecule has 0 aliphatic carbocycles. The fourth-order valence-electron chi connectivity index (χ4n) is 1.84. The highest BCUT2D eigenvalue weighted by Crippen LogP contribution is 2.39. The first-order chi connectivity index (χ1) is 9.40. The molecule has 1 heterocycles. The number of hydrogen-bond acceptors (Lipinski definition) is 5. The molecule has 0 saturated carbocycles. The molecule has 1 aliphatic heterocycles. The van der Waals surface area contributed by atoms with Gasteiger partial charge in [0.15, 0.2) is 0 Å². The molecule has 0 aromatic heterocycles. The minimum Gasteiger partial charge on any atom is -0.468 e. The van der Waals surface area contributed by atoms with Gasteiger partial charge in [-0.1, -0.05) is 18.2 Å². The van der Waals surface area contributed by atoms with Crippen molar-refractivity contribution in [2.45, 2.75) is 17.8 Å². The van der Waals surface area contributed by atoms with Crippen LogP contribution >= 0.6 is 11.8 Å². The molecule has 4 nitrogen and oxygen atoms in total. The van der Waals surface area contributed by atoms with Gasteiger partial charge in [-0.15, -0.1) is 24.9 Å². The van der Waals surface area contributed by atoms with Crippen molar-refractivity contribution in [3.8, 4) is 5.75 Å². The lowest BCUT2D eigenvalue weighted by Gasteiger charge is -2.17. The molecule has 1 N–H and O–H groups in total. The monoisotopic (exact) mass is 307 g/mol. The van der Waals surface area contributed by atoms with Crippen LogP contribution in [0.2, 0.25) is 0 Å². The number of thioether (sulfide) groups is 1. The Balaban J connectivity index is 2.16. The van der Waals surface area contributed by atoms with Crippen LogP contribution in [0.5, 0.6) is 5.75 Å². The number of nitrogens with one attached hydrogen (secondary N) is 1. The molecule has 1 aromatic rings. The second-order valence-electron chi connectivity index (χ2n) is 4.04. The van der Waals surface area contributed by atoms with Crippen LogP contribution in [-0.2, 0) is 9.53 Å². The van der Waals surface area contributed by atoms with Crippen molar-refractivity contribution in [1.82, 2.24) is 5.32 Å². The summed E-state index contributed by atoms with van der Waals surface area (Å²) in [6.45, 7) is 0. The average molecular weight is 307 g/mol. The van der Waals surface area contributed by atoms with Crippen LogP contribution in [0.1, 0.15) is 10.9 Å². The average Bonchev–Trinajstić information content (AvgIpc) is 2.86. The highest BCUT2D eigenvalue weighted by atomic mass is 32.2. The lowest BCUT2D eigenvalue weighted by atomic mass is 10.2. The van der Waals surface area contributed by atoms with Crippen LogP contribution in [0.4, 0.5) is 13.2 Å². The largest absolute Gasteiger partial charge is 0.573 e. The number of carbonyl (C=O) groups excluding carboxylic acids is 1. The summed E-state index contributed by atoms with van der Waals surface area (Å²) in [5.41, 5.74) is 0.348. The predicted molar refractivity (Wildman–Crippen MR) is 67.3 cm³/mol. The van der Waals surface area contributed by atoms with E-state index in [1.54, 1.807) is 6.07 Å². The lowest BCUT2D eigenvalue weighted by molar-refractivity contribution is -0.274. The molecule has 0 spiro atoms. The maximum Gasteiger partial charge on any atom is 0.573 e. The van der Waals surface area contributed by atoms with E-state index >= 15 is 0 Å². The van der Waals surface area contributed by atoms with E-state index in [0.717, 1.165) is 0 Å². The Kier molecular flexibility index (Phi) is 4.44. The molecular weight excluding hydrogens is 295 g/mol. The molecule has 1 aromatic carbocycles. The smallest absolute Gasteiger partial charge is 0.468 e. The Morgan fingerprint density at radius 1 is 1.40 bits per heavy atom. The number of halogens is 3. The van der Waals surface area contributed by atoms with Gasteiger partial charge in [0, 0.05) is 11.3 Å².